The van der Waals surface area contributed by atoms with Gasteiger partial charge >= 0.3 is 0 Å². The first kappa shape index (κ1) is 17.6. The summed E-state index contributed by atoms with van der Waals surface area (Å²) in [6.07, 6.45) is 11.0. The number of carbonyl (C=O) groups is 1. The van der Waals surface area contributed by atoms with E-state index in [4.69, 9.17) is 4.74 Å². The molecule has 118 valence electrons. The van der Waals surface area contributed by atoms with Gasteiger partial charge in [0.05, 0.1) is 19.1 Å². The lowest BCUT2D eigenvalue weighted by molar-refractivity contribution is -0.123. The van der Waals surface area contributed by atoms with Crippen molar-refractivity contribution in [3.63, 3.8) is 0 Å². The Morgan fingerprint density at radius 2 is 1.65 bits per heavy atom. The maximum Gasteiger partial charge on any atom is 0.139 e. The Morgan fingerprint density at radius 1 is 1.00 bits per heavy atom. The van der Waals surface area contributed by atoms with Crippen LogP contribution in [-0.4, -0.2) is 31.6 Å². The molecule has 0 radical (unpaired) electrons. The summed E-state index contributed by atoms with van der Waals surface area (Å²) in [5.74, 6) is 0.499. The Morgan fingerprint density at radius 3 is 2.30 bits per heavy atom. The molecule has 1 aliphatic heterocycles. The zero-order valence-electron chi connectivity index (χ0n) is 13.5. The molecule has 0 aliphatic carbocycles. The van der Waals surface area contributed by atoms with Crippen molar-refractivity contribution in [1.82, 2.24) is 5.32 Å². The van der Waals surface area contributed by atoms with E-state index in [1.807, 2.05) is 0 Å². The van der Waals surface area contributed by atoms with Gasteiger partial charge in [-0.05, 0) is 13.0 Å². The predicted molar refractivity (Wildman–Crippen MR) is 84.0 cm³/mol. The van der Waals surface area contributed by atoms with Crippen molar-refractivity contribution in [3.8, 4) is 0 Å². The highest BCUT2D eigenvalue weighted by Gasteiger charge is 2.32. The molecule has 1 N–H and O–H groups in total. The van der Waals surface area contributed by atoms with Crippen LogP contribution in [0.15, 0.2) is 0 Å². The van der Waals surface area contributed by atoms with Gasteiger partial charge < -0.3 is 10.1 Å². The molecule has 0 bridgehead atoms. The van der Waals surface area contributed by atoms with Gasteiger partial charge in [-0.25, -0.2) is 0 Å². The molecule has 2 unspecified atom stereocenters. The molecule has 1 fully saturated rings. The molecular weight excluding hydrogens is 250 g/mol. The normalized spacial score (nSPS) is 22.3. The van der Waals surface area contributed by atoms with Gasteiger partial charge in [0, 0.05) is 12.5 Å². The fourth-order valence-electron chi connectivity index (χ4n) is 2.95. The number of carbonyl (C=O) groups excluding carboxylic acids is 1. The molecule has 0 spiro atoms. The molecule has 2 atom stereocenters. The van der Waals surface area contributed by atoms with Gasteiger partial charge in [-0.15, -0.1) is 0 Å². The Hall–Kier alpha value is -0.410. The van der Waals surface area contributed by atoms with Gasteiger partial charge in [0.1, 0.15) is 5.78 Å². The summed E-state index contributed by atoms with van der Waals surface area (Å²) in [6, 6.07) is 0.251. The topological polar surface area (TPSA) is 38.3 Å². The van der Waals surface area contributed by atoms with E-state index in [0.717, 1.165) is 19.4 Å². The second kappa shape index (κ2) is 11.3. The molecule has 1 saturated heterocycles. The minimum absolute atomic E-state index is 0.0968. The zero-order valence-corrected chi connectivity index (χ0v) is 13.5. The van der Waals surface area contributed by atoms with Crippen molar-refractivity contribution < 1.29 is 9.53 Å². The number of Topliss-reactive ketones (excluding diaryl/α,β-unsaturated/α-hetero) is 1. The lowest BCUT2D eigenvalue weighted by Gasteiger charge is -2.16. The molecule has 20 heavy (non-hydrogen) atoms. The third-order valence-electron chi connectivity index (χ3n) is 4.24. The van der Waals surface area contributed by atoms with Crippen LogP contribution in [0.4, 0.5) is 0 Å². The number of ether oxygens (including phenoxy) is 1. The molecule has 1 aliphatic rings. The number of hydrogen-bond donors (Lipinski definition) is 1. The van der Waals surface area contributed by atoms with Crippen LogP contribution in [0, 0.1) is 5.92 Å². The molecule has 3 heteroatoms. The number of nitrogens with one attached hydrogen (secondary N) is 1. The van der Waals surface area contributed by atoms with Crippen molar-refractivity contribution in [2.75, 3.05) is 19.8 Å². The Bertz CT molecular complexity index is 255. The summed E-state index contributed by atoms with van der Waals surface area (Å²) in [6.45, 7) is 6.56. The van der Waals surface area contributed by atoms with Crippen LogP contribution in [0.2, 0.25) is 0 Å². The maximum absolute atomic E-state index is 12.2. The summed E-state index contributed by atoms with van der Waals surface area (Å²) in [5.41, 5.74) is 0. The van der Waals surface area contributed by atoms with E-state index >= 15 is 0 Å². The van der Waals surface area contributed by atoms with E-state index in [9.17, 15) is 4.79 Å². The standard InChI is InChI=1S/C17H33NO2/c1-3-5-6-7-8-9-10-11-12-17(19)15-13-20-14-16(15)18-4-2/h15-16,18H,3-14H2,1-2H3. The lowest BCUT2D eigenvalue weighted by atomic mass is 9.94. The zero-order chi connectivity index (χ0) is 14.6. The van der Waals surface area contributed by atoms with Crippen molar-refractivity contribution >= 4 is 5.78 Å². The molecule has 0 aromatic rings. The fourth-order valence-corrected chi connectivity index (χ4v) is 2.95. The summed E-state index contributed by atoms with van der Waals surface area (Å²) in [7, 11) is 0. The molecule has 0 saturated carbocycles. The maximum atomic E-state index is 12.2. The molecule has 1 heterocycles. The number of rotatable bonds is 12. The van der Waals surface area contributed by atoms with Crippen LogP contribution in [-0.2, 0) is 9.53 Å². The Balaban J connectivity index is 2.02. The second-order valence-electron chi connectivity index (χ2n) is 6.00. The lowest BCUT2D eigenvalue weighted by Crippen LogP contribution is -2.39. The van der Waals surface area contributed by atoms with Crippen LogP contribution in [0.1, 0.15) is 71.6 Å². The SMILES string of the molecule is CCCCCCCCCCC(=O)C1COCC1NCC. The van der Waals surface area contributed by atoms with Gasteiger partial charge in [0.25, 0.3) is 0 Å². The summed E-state index contributed by atoms with van der Waals surface area (Å²) in [4.78, 5) is 12.2. The van der Waals surface area contributed by atoms with Gasteiger partial charge in [-0.2, -0.15) is 0 Å². The highest BCUT2D eigenvalue weighted by atomic mass is 16.5. The second-order valence-corrected chi connectivity index (χ2v) is 6.00. The van der Waals surface area contributed by atoms with E-state index in [2.05, 4.69) is 19.2 Å². The molecule has 0 aromatic heterocycles. The van der Waals surface area contributed by atoms with Crippen molar-refractivity contribution in [3.05, 3.63) is 0 Å². The Kier molecular flexibility index (Phi) is 9.94. The van der Waals surface area contributed by atoms with Crippen molar-refractivity contribution in [2.45, 2.75) is 77.7 Å². The highest BCUT2D eigenvalue weighted by Crippen LogP contribution is 2.18. The van der Waals surface area contributed by atoms with Crippen LogP contribution < -0.4 is 5.32 Å². The molecule has 3 nitrogen and oxygen atoms in total. The van der Waals surface area contributed by atoms with Crippen LogP contribution in [0.3, 0.4) is 0 Å². The van der Waals surface area contributed by atoms with Crippen LogP contribution in [0.25, 0.3) is 0 Å². The third-order valence-corrected chi connectivity index (χ3v) is 4.24. The molecule has 0 aromatic carbocycles. The van der Waals surface area contributed by atoms with Gasteiger partial charge in [0.2, 0.25) is 0 Å². The smallest absolute Gasteiger partial charge is 0.139 e. The molecular formula is C17H33NO2. The number of hydrogen-bond acceptors (Lipinski definition) is 3. The monoisotopic (exact) mass is 283 g/mol. The average Bonchev–Trinajstić information content (AvgIpc) is 2.90. The number of ketones is 1. The quantitative estimate of drug-likeness (QED) is 0.555. The first-order chi connectivity index (χ1) is 9.79. The van der Waals surface area contributed by atoms with Gasteiger partial charge in [-0.1, -0.05) is 58.8 Å². The highest BCUT2D eigenvalue weighted by molar-refractivity contribution is 5.82. The van der Waals surface area contributed by atoms with E-state index in [1.165, 1.54) is 44.9 Å². The number of unbranched alkanes of at least 4 members (excludes halogenated alkanes) is 7. The average molecular weight is 283 g/mol. The predicted octanol–water partition coefficient (Wildman–Crippen LogP) is 3.71. The van der Waals surface area contributed by atoms with E-state index in [0.29, 0.717) is 19.0 Å². The fraction of sp³-hybridized carbons (Fsp3) is 0.941. The van der Waals surface area contributed by atoms with Crippen LogP contribution in [0.5, 0.6) is 0 Å². The van der Waals surface area contributed by atoms with E-state index in [-0.39, 0.29) is 12.0 Å². The van der Waals surface area contributed by atoms with Gasteiger partial charge in [-0.3, -0.25) is 4.79 Å². The first-order valence-electron chi connectivity index (χ1n) is 8.63. The minimum Gasteiger partial charge on any atom is -0.379 e. The summed E-state index contributed by atoms with van der Waals surface area (Å²) >= 11 is 0. The summed E-state index contributed by atoms with van der Waals surface area (Å²) < 4.78 is 5.44. The Labute approximate surface area is 124 Å². The van der Waals surface area contributed by atoms with Crippen molar-refractivity contribution in [1.29, 1.82) is 0 Å². The van der Waals surface area contributed by atoms with Crippen molar-refractivity contribution in [2.24, 2.45) is 5.92 Å². The van der Waals surface area contributed by atoms with E-state index in [1.54, 1.807) is 0 Å². The molecule has 0 amide bonds. The first-order valence-corrected chi connectivity index (χ1v) is 8.63. The van der Waals surface area contributed by atoms with Gasteiger partial charge in [0.15, 0.2) is 0 Å². The third kappa shape index (κ3) is 6.85. The largest absolute Gasteiger partial charge is 0.379 e. The minimum atomic E-state index is 0.0968. The number of likely N-dealkylation sites (N-methyl/N-ethyl adjacent to an activating group) is 1. The molecule has 1 rings (SSSR count). The van der Waals surface area contributed by atoms with Crippen LogP contribution >= 0.6 is 0 Å². The van der Waals surface area contributed by atoms with E-state index < -0.39 is 0 Å². The summed E-state index contributed by atoms with van der Waals surface area (Å²) in [5, 5.41) is 3.36.